The number of aliphatic hydroxyl groups is 1. The minimum Gasteiger partial charge on any atom is -0.490 e. The van der Waals surface area contributed by atoms with Gasteiger partial charge >= 0.3 is 0 Å². The molecule has 0 aliphatic rings. The van der Waals surface area contributed by atoms with Crippen molar-refractivity contribution in [3.05, 3.63) is 103 Å². The fourth-order valence-corrected chi connectivity index (χ4v) is 1.87. The summed E-state index contributed by atoms with van der Waals surface area (Å²) in [6, 6.07) is 9.76. The summed E-state index contributed by atoms with van der Waals surface area (Å²) in [6.07, 6.45) is 6.98. The lowest BCUT2D eigenvalue weighted by atomic mass is 9.98. The van der Waals surface area contributed by atoms with Crippen molar-refractivity contribution in [2.24, 2.45) is 0 Å². The van der Waals surface area contributed by atoms with E-state index in [1.807, 2.05) is 36.4 Å². The summed E-state index contributed by atoms with van der Waals surface area (Å²) in [5, 5.41) is 9.05. The lowest BCUT2D eigenvalue weighted by Gasteiger charge is -2.17. The summed E-state index contributed by atoms with van der Waals surface area (Å²) in [6.45, 7) is 15.6. The van der Waals surface area contributed by atoms with Gasteiger partial charge < -0.3 is 9.84 Å². The van der Waals surface area contributed by atoms with Crippen LogP contribution in [0.1, 0.15) is 5.56 Å². The maximum absolute atomic E-state index is 9.05. The first kappa shape index (κ1) is 17.5. The fourth-order valence-electron chi connectivity index (χ4n) is 1.87. The molecular weight excluding hydrogens is 272 g/mol. The molecule has 0 fully saturated rings. The second-order valence-corrected chi connectivity index (χ2v) is 4.48. The highest BCUT2D eigenvalue weighted by Gasteiger charge is 2.13. The molecule has 0 heterocycles. The van der Waals surface area contributed by atoms with Crippen molar-refractivity contribution in [1.29, 1.82) is 0 Å². The molecule has 1 aromatic carbocycles. The molecule has 0 aliphatic heterocycles. The van der Waals surface area contributed by atoms with Gasteiger partial charge in [0.25, 0.3) is 0 Å². The fraction of sp³-hybridized carbons (Fsp3) is 0.100. The highest BCUT2D eigenvalue weighted by Crippen LogP contribution is 2.28. The van der Waals surface area contributed by atoms with Gasteiger partial charge in [0, 0.05) is 11.1 Å². The van der Waals surface area contributed by atoms with E-state index in [0.29, 0.717) is 16.9 Å². The predicted octanol–water partition coefficient (Wildman–Crippen LogP) is 4.45. The molecule has 0 aromatic heterocycles. The van der Waals surface area contributed by atoms with Gasteiger partial charge in [0.15, 0.2) is 0 Å². The molecule has 1 aromatic rings. The number of aliphatic hydroxyl groups excluding tert-OH is 1. The van der Waals surface area contributed by atoms with Crippen LogP contribution in [0.5, 0.6) is 0 Å². The highest BCUT2D eigenvalue weighted by atomic mass is 16.5. The first-order valence-electron chi connectivity index (χ1n) is 6.99. The number of allylic oxidation sites excluding steroid dienone is 6. The Morgan fingerprint density at radius 2 is 1.82 bits per heavy atom. The van der Waals surface area contributed by atoms with E-state index in [-0.39, 0.29) is 13.2 Å². The van der Waals surface area contributed by atoms with Crippen LogP contribution in [0.3, 0.4) is 0 Å². The number of ether oxygens (including phenoxy) is 1. The molecule has 0 spiro atoms. The van der Waals surface area contributed by atoms with Crippen molar-refractivity contribution < 1.29 is 9.84 Å². The second kappa shape index (κ2) is 9.37. The Morgan fingerprint density at radius 3 is 2.36 bits per heavy atom. The van der Waals surface area contributed by atoms with Crippen LogP contribution >= 0.6 is 0 Å². The third kappa shape index (κ3) is 4.76. The quantitative estimate of drug-likeness (QED) is 0.538. The van der Waals surface area contributed by atoms with Gasteiger partial charge in [-0.15, -0.1) is 0 Å². The van der Waals surface area contributed by atoms with E-state index < -0.39 is 0 Å². The van der Waals surface area contributed by atoms with Crippen molar-refractivity contribution in [3.8, 4) is 0 Å². The SMILES string of the molecule is C=C/C=C\C(=C)C(=C)/C(OCCO)=C(\C=C)c1ccccc1. The van der Waals surface area contributed by atoms with E-state index in [1.165, 1.54) is 0 Å². The Labute approximate surface area is 132 Å². The molecule has 0 radical (unpaired) electrons. The molecule has 2 heteroatoms. The third-order valence-corrected chi connectivity index (χ3v) is 2.97. The van der Waals surface area contributed by atoms with E-state index in [0.717, 1.165) is 11.1 Å². The average Bonchev–Trinajstić information content (AvgIpc) is 2.56. The number of hydrogen-bond acceptors (Lipinski definition) is 2. The molecule has 114 valence electrons. The highest BCUT2D eigenvalue weighted by molar-refractivity contribution is 5.79. The first-order chi connectivity index (χ1) is 10.7. The van der Waals surface area contributed by atoms with Crippen LogP contribution in [0.15, 0.2) is 97.9 Å². The summed E-state index contributed by atoms with van der Waals surface area (Å²) in [5.41, 5.74) is 3.13. The lowest BCUT2D eigenvalue weighted by Crippen LogP contribution is -2.04. The van der Waals surface area contributed by atoms with Crippen molar-refractivity contribution in [2.45, 2.75) is 0 Å². The summed E-state index contributed by atoms with van der Waals surface area (Å²) < 4.78 is 5.70. The van der Waals surface area contributed by atoms with Crippen LogP contribution in [0.2, 0.25) is 0 Å². The van der Waals surface area contributed by atoms with E-state index in [2.05, 4.69) is 26.3 Å². The van der Waals surface area contributed by atoms with Gasteiger partial charge in [-0.25, -0.2) is 0 Å². The van der Waals surface area contributed by atoms with E-state index in [1.54, 1.807) is 18.2 Å². The summed E-state index contributed by atoms with van der Waals surface area (Å²) in [7, 11) is 0. The monoisotopic (exact) mass is 294 g/mol. The van der Waals surface area contributed by atoms with Gasteiger partial charge in [0.2, 0.25) is 0 Å². The topological polar surface area (TPSA) is 29.5 Å². The van der Waals surface area contributed by atoms with E-state index >= 15 is 0 Å². The van der Waals surface area contributed by atoms with Crippen LogP contribution in [0.4, 0.5) is 0 Å². The average molecular weight is 294 g/mol. The van der Waals surface area contributed by atoms with Crippen molar-refractivity contribution in [2.75, 3.05) is 13.2 Å². The largest absolute Gasteiger partial charge is 0.490 e. The smallest absolute Gasteiger partial charge is 0.134 e. The molecule has 0 saturated carbocycles. The molecule has 0 amide bonds. The van der Waals surface area contributed by atoms with Crippen molar-refractivity contribution in [3.63, 3.8) is 0 Å². The molecule has 0 atom stereocenters. The van der Waals surface area contributed by atoms with Crippen LogP contribution in [0.25, 0.3) is 5.57 Å². The van der Waals surface area contributed by atoms with E-state index in [9.17, 15) is 0 Å². The van der Waals surface area contributed by atoms with Crippen molar-refractivity contribution in [1.82, 2.24) is 0 Å². The molecule has 0 saturated heterocycles. The summed E-state index contributed by atoms with van der Waals surface area (Å²) >= 11 is 0. The van der Waals surface area contributed by atoms with Gasteiger partial charge in [-0.1, -0.05) is 81.0 Å². The number of benzene rings is 1. The van der Waals surface area contributed by atoms with Gasteiger partial charge in [-0.3, -0.25) is 0 Å². The standard InChI is InChI=1S/C20H22O2/c1-5-7-11-16(3)17(4)20(22-15-14-21)19(6-2)18-12-9-8-10-13-18/h5-13,21H,1-4,14-15H2/b11-7-,20-19-. The van der Waals surface area contributed by atoms with Crippen LogP contribution < -0.4 is 0 Å². The summed E-state index contributed by atoms with van der Waals surface area (Å²) in [5.74, 6) is 0.564. The molecule has 0 aliphatic carbocycles. The maximum atomic E-state index is 9.05. The van der Waals surface area contributed by atoms with E-state index in [4.69, 9.17) is 9.84 Å². The Kier molecular flexibility index (Phi) is 7.44. The molecular formula is C20H22O2. The molecule has 0 bridgehead atoms. The minimum atomic E-state index is -0.0784. The zero-order valence-electron chi connectivity index (χ0n) is 12.8. The van der Waals surface area contributed by atoms with Gasteiger partial charge in [-0.05, 0) is 11.1 Å². The molecule has 0 unspecified atom stereocenters. The second-order valence-electron chi connectivity index (χ2n) is 4.48. The van der Waals surface area contributed by atoms with Crippen LogP contribution in [0, 0.1) is 0 Å². The Bertz CT molecular complexity index is 604. The molecule has 1 rings (SSSR count). The lowest BCUT2D eigenvalue weighted by molar-refractivity contribution is 0.151. The third-order valence-electron chi connectivity index (χ3n) is 2.97. The number of rotatable bonds is 9. The molecule has 1 N–H and O–H groups in total. The zero-order chi connectivity index (χ0) is 16.4. The zero-order valence-corrected chi connectivity index (χ0v) is 12.8. The van der Waals surface area contributed by atoms with Crippen LogP contribution in [-0.2, 0) is 4.74 Å². The number of hydrogen-bond donors (Lipinski definition) is 1. The van der Waals surface area contributed by atoms with Gasteiger partial charge in [0.1, 0.15) is 12.4 Å². The Hall–Kier alpha value is -2.58. The maximum Gasteiger partial charge on any atom is 0.134 e. The molecule has 22 heavy (non-hydrogen) atoms. The Balaban J connectivity index is 3.30. The van der Waals surface area contributed by atoms with Crippen LogP contribution in [-0.4, -0.2) is 18.3 Å². The predicted molar refractivity (Wildman–Crippen MR) is 94.2 cm³/mol. The summed E-state index contributed by atoms with van der Waals surface area (Å²) in [4.78, 5) is 0. The Morgan fingerprint density at radius 1 is 1.14 bits per heavy atom. The normalized spacial score (nSPS) is 11.7. The molecule has 2 nitrogen and oxygen atoms in total. The van der Waals surface area contributed by atoms with Gasteiger partial charge in [-0.2, -0.15) is 0 Å². The minimum absolute atomic E-state index is 0.0784. The first-order valence-corrected chi connectivity index (χ1v) is 6.99. The van der Waals surface area contributed by atoms with Crippen molar-refractivity contribution >= 4 is 5.57 Å². The van der Waals surface area contributed by atoms with Gasteiger partial charge in [0.05, 0.1) is 6.61 Å².